The Hall–Kier alpha value is -2.49. The molecule has 0 spiro atoms. The predicted octanol–water partition coefficient (Wildman–Crippen LogP) is 19.5. The fourth-order valence-corrected chi connectivity index (χ4v) is 57.5. The summed E-state index contributed by atoms with van der Waals surface area (Å²) in [5.74, 6) is 0. The van der Waals surface area contributed by atoms with Crippen molar-refractivity contribution in [3.63, 3.8) is 0 Å². The van der Waals surface area contributed by atoms with Gasteiger partial charge in [0.05, 0.1) is 40.4 Å². The summed E-state index contributed by atoms with van der Waals surface area (Å²) >= 11 is 0. The Morgan fingerprint density at radius 1 is 0.253 bits per heavy atom. The summed E-state index contributed by atoms with van der Waals surface area (Å²) in [4.78, 5) is 0. The second-order valence-corrected chi connectivity index (χ2v) is 60.5. The van der Waals surface area contributed by atoms with Gasteiger partial charge in [0.25, 0.3) is 0 Å². The highest BCUT2D eigenvalue weighted by atomic mass is 28.3. The van der Waals surface area contributed by atoms with Crippen LogP contribution in [0.1, 0.15) is 208 Å². The lowest BCUT2D eigenvalue weighted by Gasteiger charge is -2.53. The van der Waals surface area contributed by atoms with E-state index < -0.39 is 40.4 Å². The molecular formula is C73H117BSi5. The van der Waals surface area contributed by atoms with Crippen molar-refractivity contribution in [3.05, 3.63) is 72.8 Å². The maximum absolute atomic E-state index is 3.10. The summed E-state index contributed by atoms with van der Waals surface area (Å²) in [6, 6.07) is 32.4. The quantitative estimate of drug-likeness (QED) is 0.0497. The minimum Gasteiger partial charge on any atom is -0.0699 e. The van der Waals surface area contributed by atoms with E-state index in [-0.39, 0.29) is 6.71 Å². The number of hydrogen-bond donors (Lipinski definition) is 0. The van der Waals surface area contributed by atoms with Crippen LogP contribution in [0.2, 0.25) is 83.1 Å². The largest absolute Gasteiger partial charge is 0.242 e. The lowest BCUT2D eigenvalue weighted by molar-refractivity contribution is 0.830. The second kappa shape index (κ2) is 22.8. The Morgan fingerprint density at radius 3 is 0.886 bits per heavy atom. The number of fused-ring (bicyclic) bond motifs is 2. The molecule has 0 N–H and O–H groups in total. The molecule has 0 nitrogen and oxygen atoms in total. The van der Waals surface area contributed by atoms with Crippen LogP contribution in [0.25, 0.3) is 43.4 Å². The molecule has 6 aromatic carbocycles. The molecular weight excluding hydrogens is 1030 g/mol. The lowest BCUT2D eigenvalue weighted by Crippen LogP contribution is -2.79. The molecule has 7 rings (SSSR count). The summed E-state index contributed by atoms with van der Waals surface area (Å²) in [5.41, 5.74) is 17.0. The van der Waals surface area contributed by atoms with Crippen molar-refractivity contribution in [3.8, 4) is 11.1 Å². The van der Waals surface area contributed by atoms with E-state index in [1.165, 1.54) is 32.5 Å². The van der Waals surface area contributed by atoms with Crippen molar-refractivity contribution in [2.45, 2.75) is 291 Å². The van der Waals surface area contributed by atoms with Crippen LogP contribution in [-0.2, 0) is 0 Å². The van der Waals surface area contributed by atoms with E-state index in [9.17, 15) is 0 Å². The fraction of sp³-hybridized carbons (Fsp3) is 0.616. The Labute approximate surface area is 493 Å². The van der Waals surface area contributed by atoms with Crippen molar-refractivity contribution in [1.29, 1.82) is 0 Å². The van der Waals surface area contributed by atoms with Crippen LogP contribution in [0.15, 0.2) is 72.8 Å². The topological polar surface area (TPSA) is 0 Å². The van der Waals surface area contributed by atoms with Gasteiger partial charge < -0.3 is 0 Å². The van der Waals surface area contributed by atoms with E-state index in [0.29, 0.717) is 83.1 Å². The molecule has 1 heterocycles. The Kier molecular flexibility index (Phi) is 18.5. The van der Waals surface area contributed by atoms with Crippen molar-refractivity contribution in [2.24, 2.45) is 0 Å². The highest BCUT2D eigenvalue weighted by Gasteiger charge is 2.57. The summed E-state index contributed by atoms with van der Waals surface area (Å²) < 4.78 is 0. The van der Waals surface area contributed by atoms with Gasteiger partial charge in [0.2, 0.25) is 6.71 Å². The second-order valence-electron chi connectivity index (χ2n) is 31.1. The van der Waals surface area contributed by atoms with Gasteiger partial charge in [-0.2, -0.15) is 0 Å². The van der Waals surface area contributed by atoms with Crippen LogP contribution in [0, 0.1) is 0 Å². The average molecular weight is 1150 g/mol. The maximum Gasteiger partial charge on any atom is 0.242 e. The maximum atomic E-state index is 3.10. The van der Waals surface area contributed by atoms with Crippen LogP contribution in [0.3, 0.4) is 0 Å². The molecule has 0 amide bonds. The normalized spacial score (nSPS) is 14.6. The molecule has 79 heavy (non-hydrogen) atoms. The first-order valence-corrected chi connectivity index (χ1v) is 43.9. The van der Waals surface area contributed by atoms with E-state index in [1.807, 2.05) is 21.0 Å². The van der Waals surface area contributed by atoms with Crippen molar-refractivity contribution in [1.82, 2.24) is 0 Å². The predicted molar refractivity (Wildman–Crippen MR) is 380 cm³/mol. The smallest absolute Gasteiger partial charge is 0.0699 e. The van der Waals surface area contributed by atoms with E-state index in [0.717, 1.165) is 0 Å². The van der Waals surface area contributed by atoms with E-state index in [2.05, 4.69) is 281 Å². The minimum absolute atomic E-state index is 0.103. The van der Waals surface area contributed by atoms with Crippen LogP contribution < -0.4 is 42.3 Å². The van der Waals surface area contributed by atoms with Crippen molar-refractivity contribution in [2.75, 3.05) is 0 Å². The zero-order valence-electron chi connectivity index (χ0n) is 56.7. The van der Waals surface area contributed by atoms with Crippen LogP contribution in [0.4, 0.5) is 0 Å². The van der Waals surface area contributed by atoms with Gasteiger partial charge >= 0.3 is 0 Å². The van der Waals surface area contributed by atoms with Gasteiger partial charge in [-0.05, 0) is 133 Å². The molecule has 0 radical (unpaired) electrons. The number of hydrogen-bond acceptors (Lipinski definition) is 0. The van der Waals surface area contributed by atoms with E-state index in [1.54, 1.807) is 32.2 Å². The first-order valence-electron chi connectivity index (χ1n) is 32.7. The third-order valence-electron chi connectivity index (χ3n) is 23.9. The van der Waals surface area contributed by atoms with E-state index in [4.69, 9.17) is 0 Å². The molecule has 0 atom stereocenters. The number of rotatable bonds is 21. The van der Waals surface area contributed by atoms with Gasteiger partial charge in [0.1, 0.15) is 0 Å². The fourth-order valence-electron chi connectivity index (χ4n) is 22.3. The van der Waals surface area contributed by atoms with Crippen LogP contribution in [-0.4, -0.2) is 47.1 Å². The third kappa shape index (κ3) is 8.95. The van der Waals surface area contributed by atoms with Gasteiger partial charge in [0, 0.05) is 0 Å². The Morgan fingerprint density at radius 2 is 0.544 bits per heavy atom. The van der Waals surface area contributed by atoms with Crippen LogP contribution >= 0.6 is 0 Å². The minimum atomic E-state index is -2.47. The standard InChI is InChI=1S/C73H117BSi5/c1-43(2)75(44(3)4,45(5)6)61-39-64-63-38-60-33-31-32-58-34-35-59-36-37-65(71(63)70(59)69(58)60)74(72(64)66(40-61)77(49(13)14,50(15)16)51(17)18)73-67(78(52(19)20,53(21)22)54(23)24)41-62(76(46(7)8,47(9)10)48(11)12)42-68(73)79(55(25)26,56(27)28)57(29)30/h31-57H,1-30H3. The SMILES string of the molecule is CC(C)[Si](c1cc2c(c([Si](C(C)C)(C(C)C)C(C)C)c1)B(c1c([Si](C(C)C)(C(C)C)C(C)C)cc([Si](C(C)C)(C(C)C)C(C)C)cc1[Si](C(C)C)(C(C)C)C(C)C)c1ccc3ccc4cccc5cc-2c1c3c45)(C(C)C)C(C)C. The van der Waals surface area contributed by atoms with Crippen molar-refractivity contribution >= 4 is 122 Å². The van der Waals surface area contributed by atoms with Gasteiger partial charge in [-0.1, -0.05) is 317 Å². The molecule has 0 unspecified atom stereocenters. The average Bonchev–Trinajstić information content (AvgIpc) is 3.43. The molecule has 0 saturated carbocycles. The zero-order valence-corrected chi connectivity index (χ0v) is 61.7. The first-order chi connectivity index (χ1) is 36.6. The molecule has 1 aliphatic rings. The summed E-state index contributed by atoms with van der Waals surface area (Å²) in [5, 5.41) is 17.8. The molecule has 6 heteroatoms. The highest BCUT2D eigenvalue weighted by molar-refractivity contribution is 7.13. The van der Waals surface area contributed by atoms with E-state index >= 15 is 0 Å². The first kappa shape index (κ1) is 64.1. The molecule has 6 aromatic rings. The van der Waals surface area contributed by atoms with Gasteiger partial charge in [-0.25, -0.2) is 0 Å². The molecule has 432 valence electrons. The monoisotopic (exact) mass is 1140 g/mol. The highest BCUT2D eigenvalue weighted by Crippen LogP contribution is 2.50. The molecule has 0 aliphatic carbocycles. The van der Waals surface area contributed by atoms with Gasteiger partial charge in [0.15, 0.2) is 0 Å². The van der Waals surface area contributed by atoms with Crippen molar-refractivity contribution < 1.29 is 0 Å². The zero-order chi connectivity index (χ0) is 59.5. The molecule has 0 fully saturated rings. The van der Waals surface area contributed by atoms with Gasteiger partial charge in [-0.15, -0.1) is 0 Å². The number of benzene rings is 6. The molecule has 0 saturated heterocycles. The Balaban J connectivity index is 2.03. The summed E-state index contributed by atoms with van der Waals surface area (Å²) in [6.07, 6.45) is 0. The Bertz CT molecular complexity index is 2960. The molecule has 0 aromatic heterocycles. The molecule has 1 aliphatic heterocycles. The third-order valence-corrected chi connectivity index (χ3v) is 59.2. The lowest BCUT2D eigenvalue weighted by atomic mass is 9.33. The van der Waals surface area contributed by atoms with Gasteiger partial charge in [-0.3, -0.25) is 0 Å². The summed E-state index contributed by atoms with van der Waals surface area (Å²) in [7, 11) is -11.8. The molecule has 0 bridgehead atoms. The van der Waals surface area contributed by atoms with Crippen LogP contribution in [0.5, 0.6) is 0 Å². The summed E-state index contributed by atoms with van der Waals surface area (Å²) in [6.45, 7) is 80.1.